The maximum Gasteiger partial charge on any atom is 0.324 e. The second kappa shape index (κ2) is 6.28. The first-order chi connectivity index (χ1) is 11.0. The standard InChI is InChI=1S/C16H20N4O3/c1-20-14(21)13(19-16(20)23)10-5-4-8-12(9-10)18-15(22)17-11-6-2-3-7-11/h4-5,8-9,11,13H,2-3,6-7H2,1H3,(H,19,23)(H2,17,18,22). The molecule has 1 aliphatic heterocycles. The van der Waals surface area contributed by atoms with Gasteiger partial charge >= 0.3 is 12.1 Å². The zero-order valence-electron chi connectivity index (χ0n) is 13.0. The zero-order chi connectivity index (χ0) is 16.4. The van der Waals surface area contributed by atoms with Crippen LogP contribution >= 0.6 is 0 Å². The molecule has 0 spiro atoms. The van der Waals surface area contributed by atoms with Gasteiger partial charge in [0.15, 0.2) is 0 Å². The normalized spacial score (nSPS) is 21.4. The quantitative estimate of drug-likeness (QED) is 0.745. The van der Waals surface area contributed by atoms with Crippen LogP contribution in [-0.2, 0) is 4.79 Å². The highest BCUT2D eigenvalue weighted by atomic mass is 16.2. The number of urea groups is 2. The topological polar surface area (TPSA) is 90.5 Å². The predicted octanol–water partition coefficient (Wildman–Crippen LogP) is 1.97. The van der Waals surface area contributed by atoms with E-state index in [1.807, 2.05) is 0 Å². The molecule has 5 amide bonds. The number of hydrogen-bond acceptors (Lipinski definition) is 3. The molecule has 7 heteroatoms. The largest absolute Gasteiger partial charge is 0.335 e. The molecular formula is C16H20N4O3. The van der Waals surface area contributed by atoms with Gasteiger partial charge in [-0.25, -0.2) is 9.59 Å². The van der Waals surface area contributed by atoms with Gasteiger partial charge in [0.25, 0.3) is 5.91 Å². The van der Waals surface area contributed by atoms with Crippen molar-refractivity contribution in [2.45, 2.75) is 37.8 Å². The molecular weight excluding hydrogens is 296 g/mol. The number of benzene rings is 1. The fourth-order valence-corrected chi connectivity index (χ4v) is 3.02. The van der Waals surface area contributed by atoms with Gasteiger partial charge in [-0.15, -0.1) is 0 Å². The summed E-state index contributed by atoms with van der Waals surface area (Å²) in [6, 6.07) is 5.83. The van der Waals surface area contributed by atoms with Crippen LogP contribution in [0.3, 0.4) is 0 Å². The molecule has 0 aromatic heterocycles. The highest BCUT2D eigenvalue weighted by Crippen LogP contribution is 2.23. The summed E-state index contributed by atoms with van der Waals surface area (Å²) in [4.78, 5) is 36.6. The first-order valence-corrected chi connectivity index (χ1v) is 7.80. The van der Waals surface area contributed by atoms with Crippen LogP contribution in [0.2, 0.25) is 0 Å². The fraction of sp³-hybridized carbons (Fsp3) is 0.438. The number of imide groups is 1. The molecule has 1 atom stereocenters. The van der Waals surface area contributed by atoms with E-state index in [-0.39, 0.29) is 18.0 Å². The SMILES string of the molecule is CN1C(=O)NC(c2cccc(NC(=O)NC3CCCC3)c2)C1=O. The smallest absolute Gasteiger partial charge is 0.324 e. The van der Waals surface area contributed by atoms with E-state index in [9.17, 15) is 14.4 Å². The van der Waals surface area contributed by atoms with Crippen LogP contribution in [0.5, 0.6) is 0 Å². The van der Waals surface area contributed by atoms with Gasteiger partial charge in [0.05, 0.1) is 0 Å². The van der Waals surface area contributed by atoms with Gasteiger partial charge in [-0.2, -0.15) is 0 Å². The van der Waals surface area contributed by atoms with Crippen molar-refractivity contribution in [3.05, 3.63) is 29.8 Å². The minimum absolute atomic E-state index is 0.238. The Bertz CT molecular complexity index is 640. The van der Waals surface area contributed by atoms with E-state index in [1.54, 1.807) is 24.3 Å². The van der Waals surface area contributed by atoms with Crippen LogP contribution in [0.1, 0.15) is 37.3 Å². The number of carbonyl (C=O) groups excluding carboxylic acids is 3. The third-order valence-electron chi connectivity index (χ3n) is 4.32. The van der Waals surface area contributed by atoms with E-state index in [0.29, 0.717) is 11.3 Å². The Morgan fingerprint density at radius 2 is 2.00 bits per heavy atom. The maximum absolute atomic E-state index is 12.0. The molecule has 0 bridgehead atoms. The van der Waals surface area contributed by atoms with Crippen molar-refractivity contribution < 1.29 is 14.4 Å². The monoisotopic (exact) mass is 316 g/mol. The molecule has 1 unspecified atom stereocenters. The number of nitrogens with zero attached hydrogens (tertiary/aromatic N) is 1. The number of nitrogens with one attached hydrogen (secondary N) is 3. The Labute approximate surface area is 134 Å². The number of likely N-dealkylation sites (N-methyl/N-ethyl adjacent to an activating group) is 1. The molecule has 0 radical (unpaired) electrons. The Morgan fingerprint density at radius 3 is 2.65 bits per heavy atom. The van der Waals surface area contributed by atoms with E-state index in [2.05, 4.69) is 16.0 Å². The molecule has 1 saturated carbocycles. The first-order valence-electron chi connectivity index (χ1n) is 7.80. The lowest BCUT2D eigenvalue weighted by Gasteiger charge is -2.14. The molecule has 1 aliphatic carbocycles. The van der Waals surface area contributed by atoms with Gasteiger partial charge < -0.3 is 16.0 Å². The van der Waals surface area contributed by atoms with Crippen LogP contribution in [-0.4, -0.2) is 36.0 Å². The summed E-state index contributed by atoms with van der Waals surface area (Å²) in [5, 5.41) is 8.34. The molecule has 1 heterocycles. The van der Waals surface area contributed by atoms with Crippen molar-refractivity contribution in [1.82, 2.24) is 15.5 Å². The highest BCUT2D eigenvalue weighted by molar-refractivity contribution is 6.04. The minimum atomic E-state index is -0.702. The average molecular weight is 316 g/mol. The molecule has 2 aliphatic rings. The van der Waals surface area contributed by atoms with Crippen molar-refractivity contribution >= 4 is 23.7 Å². The Balaban J connectivity index is 1.66. The van der Waals surface area contributed by atoms with Crippen LogP contribution in [0.4, 0.5) is 15.3 Å². The van der Waals surface area contributed by atoms with E-state index in [1.165, 1.54) is 7.05 Å². The Morgan fingerprint density at radius 1 is 1.26 bits per heavy atom. The summed E-state index contributed by atoms with van der Waals surface area (Å²) in [5.74, 6) is -0.303. The summed E-state index contributed by atoms with van der Waals surface area (Å²) in [7, 11) is 1.44. The van der Waals surface area contributed by atoms with Crippen LogP contribution in [0.25, 0.3) is 0 Å². The summed E-state index contributed by atoms with van der Waals surface area (Å²) in [5.41, 5.74) is 1.24. The molecule has 3 rings (SSSR count). The van der Waals surface area contributed by atoms with E-state index in [0.717, 1.165) is 30.6 Å². The highest BCUT2D eigenvalue weighted by Gasteiger charge is 2.36. The number of anilines is 1. The number of carbonyl (C=O) groups is 3. The molecule has 2 fully saturated rings. The Kier molecular flexibility index (Phi) is 4.18. The van der Waals surface area contributed by atoms with Crippen molar-refractivity contribution in [3.8, 4) is 0 Å². The van der Waals surface area contributed by atoms with Crippen molar-refractivity contribution in [2.75, 3.05) is 12.4 Å². The van der Waals surface area contributed by atoms with Gasteiger partial charge in [0, 0.05) is 18.8 Å². The summed E-state index contributed by atoms with van der Waals surface area (Å²) in [6.07, 6.45) is 4.33. The Hall–Kier alpha value is -2.57. The van der Waals surface area contributed by atoms with Gasteiger partial charge in [0.2, 0.25) is 0 Å². The lowest BCUT2D eigenvalue weighted by molar-refractivity contribution is -0.126. The summed E-state index contributed by atoms with van der Waals surface area (Å²) < 4.78 is 0. The summed E-state index contributed by atoms with van der Waals surface area (Å²) >= 11 is 0. The molecule has 7 nitrogen and oxygen atoms in total. The van der Waals surface area contributed by atoms with E-state index >= 15 is 0 Å². The zero-order valence-corrected chi connectivity index (χ0v) is 13.0. The second-order valence-electron chi connectivity index (χ2n) is 5.99. The molecule has 122 valence electrons. The predicted molar refractivity (Wildman–Crippen MR) is 84.9 cm³/mol. The van der Waals surface area contributed by atoms with Crippen molar-refractivity contribution in [3.63, 3.8) is 0 Å². The molecule has 1 aromatic carbocycles. The maximum atomic E-state index is 12.0. The average Bonchev–Trinajstić information content (AvgIpc) is 3.11. The molecule has 23 heavy (non-hydrogen) atoms. The van der Waals surface area contributed by atoms with Gasteiger partial charge in [-0.05, 0) is 30.5 Å². The third-order valence-corrected chi connectivity index (χ3v) is 4.32. The molecule has 1 saturated heterocycles. The third kappa shape index (κ3) is 3.28. The minimum Gasteiger partial charge on any atom is -0.335 e. The van der Waals surface area contributed by atoms with E-state index in [4.69, 9.17) is 0 Å². The molecule has 3 N–H and O–H groups in total. The van der Waals surface area contributed by atoms with Gasteiger partial charge in [-0.1, -0.05) is 25.0 Å². The summed E-state index contributed by atoms with van der Waals surface area (Å²) in [6.45, 7) is 0. The van der Waals surface area contributed by atoms with E-state index < -0.39 is 12.1 Å². The number of rotatable bonds is 3. The first kappa shape index (κ1) is 15.3. The van der Waals surface area contributed by atoms with Crippen molar-refractivity contribution in [2.24, 2.45) is 0 Å². The number of hydrogen-bond donors (Lipinski definition) is 3. The van der Waals surface area contributed by atoms with Gasteiger partial charge in [0.1, 0.15) is 6.04 Å². The lowest BCUT2D eigenvalue weighted by Crippen LogP contribution is -2.36. The van der Waals surface area contributed by atoms with Crippen LogP contribution < -0.4 is 16.0 Å². The lowest BCUT2D eigenvalue weighted by atomic mass is 10.1. The van der Waals surface area contributed by atoms with Crippen LogP contribution in [0, 0.1) is 0 Å². The van der Waals surface area contributed by atoms with Crippen molar-refractivity contribution in [1.29, 1.82) is 0 Å². The second-order valence-corrected chi connectivity index (χ2v) is 5.99. The fourth-order valence-electron chi connectivity index (χ4n) is 3.02. The number of amides is 5. The molecule has 1 aromatic rings. The van der Waals surface area contributed by atoms with Crippen LogP contribution in [0.15, 0.2) is 24.3 Å². The van der Waals surface area contributed by atoms with Gasteiger partial charge in [-0.3, -0.25) is 9.69 Å².